The minimum absolute atomic E-state index is 0.844. The Kier molecular flexibility index (Phi) is 19.8. The molecular formula is C18H30N2S2. The highest BCUT2D eigenvalue weighted by molar-refractivity contribution is 8.03. The topological polar surface area (TPSA) is 36.1 Å². The quantitative estimate of drug-likeness (QED) is 0.105. The molecule has 0 saturated heterocycles. The van der Waals surface area contributed by atoms with Crippen LogP contribution in [0.4, 0.5) is 0 Å². The summed E-state index contributed by atoms with van der Waals surface area (Å²) >= 11 is 5.91. The lowest BCUT2D eigenvalue weighted by molar-refractivity contribution is 0.612. The van der Waals surface area contributed by atoms with Crippen molar-refractivity contribution in [2.75, 3.05) is 12.3 Å². The fourth-order valence-electron chi connectivity index (χ4n) is 2.28. The third-order valence-corrected chi connectivity index (χ3v) is 4.30. The maximum atomic E-state index is 8.40. The van der Waals surface area contributed by atoms with E-state index >= 15 is 0 Å². The fourth-order valence-corrected chi connectivity index (χ4v) is 2.81. The molecule has 0 N–H and O–H groups in total. The predicted octanol–water partition coefficient (Wildman–Crippen LogP) is 6.54. The molecular weight excluding hydrogens is 308 g/mol. The molecule has 0 unspecified atom stereocenters. The number of nitriles is 1. The number of rotatable bonds is 16. The number of hydrogen-bond acceptors (Lipinski definition) is 4. The first-order chi connectivity index (χ1) is 10.9. The van der Waals surface area contributed by atoms with E-state index in [0.717, 1.165) is 18.7 Å². The van der Waals surface area contributed by atoms with Crippen LogP contribution in [0.25, 0.3) is 0 Å². The molecule has 0 aromatic heterocycles. The zero-order chi connectivity index (χ0) is 16.1. The maximum Gasteiger partial charge on any atom is 0.133 e. The number of thioether (sulfide) groups is 1. The number of allylic oxidation sites excluding steroid dienone is 2. The minimum Gasteiger partial charge on any atom is -0.233 e. The summed E-state index contributed by atoms with van der Waals surface area (Å²) in [5.41, 5.74) is 0. The molecule has 4 heteroatoms. The Balaban J connectivity index is 3.08. The number of thiocyanates is 1. The Morgan fingerprint density at radius 1 is 0.818 bits per heavy atom. The molecule has 0 radical (unpaired) electrons. The zero-order valence-corrected chi connectivity index (χ0v) is 15.4. The molecule has 0 atom stereocenters. The van der Waals surface area contributed by atoms with Crippen LogP contribution in [-0.4, -0.2) is 17.5 Å². The molecule has 0 spiro atoms. The molecule has 0 aliphatic carbocycles. The van der Waals surface area contributed by atoms with Gasteiger partial charge in [-0.05, 0) is 62.5 Å². The Hall–Kier alpha value is -0.620. The van der Waals surface area contributed by atoms with Gasteiger partial charge in [0.25, 0.3) is 0 Å². The number of hydrogen-bond donors (Lipinski definition) is 0. The van der Waals surface area contributed by atoms with Crippen LogP contribution >= 0.6 is 24.0 Å². The average Bonchev–Trinajstić information content (AvgIpc) is 2.54. The van der Waals surface area contributed by atoms with Crippen LogP contribution in [0.15, 0.2) is 17.1 Å². The fraction of sp³-hybridized carbons (Fsp3) is 0.778. The lowest BCUT2D eigenvalue weighted by atomic mass is 10.1. The number of nitrogens with zero attached hydrogens (tertiary/aromatic N) is 2. The monoisotopic (exact) mass is 338 g/mol. The SMILES string of the molecule is N#CSCCCCCCCC/C=C/CCCCCCN=C=S. The smallest absolute Gasteiger partial charge is 0.133 e. The van der Waals surface area contributed by atoms with Gasteiger partial charge in [-0.3, -0.25) is 0 Å². The lowest BCUT2D eigenvalue weighted by Crippen LogP contribution is -1.82. The van der Waals surface area contributed by atoms with Crippen LogP contribution in [-0.2, 0) is 0 Å². The van der Waals surface area contributed by atoms with Crippen LogP contribution in [0.3, 0.4) is 0 Å². The second-order valence-electron chi connectivity index (χ2n) is 5.50. The Morgan fingerprint density at radius 2 is 1.36 bits per heavy atom. The Labute approximate surface area is 146 Å². The van der Waals surface area contributed by atoms with Crippen LogP contribution in [0.2, 0.25) is 0 Å². The van der Waals surface area contributed by atoms with E-state index in [4.69, 9.17) is 5.26 Å². The normalized spacial score (nSPS) is 10.5. The van der Waals surface area contributed by atoms with E-state index in [2.05, 4.69) is 39.9 Å². The number of isothiocyanates is 1. The number of unbranched alkanes of at least 4 members (excludes halogenated alkanes) is 10. The first-order valence-electron chi connectivity index (χ1n) is 8.61. The zero-order valence-electron chi connectivity index (χ0n) is 13.8. The van der Waals surface area contributed by atoms with Crippen molar-refractivity contribution in [3.05, 3.63) is 12.2 Å². The van der Waals surface area contributed by atoms with Crippen LogP contribution in [0.1, 0.15) is 77.0 Å². The molecule has 0 heterocycles. The molecule has 0 amide bonds. The first kappa shape index (κ1) is 21.4. The average molecular weight is 339 g/mol. The van der Waals surface area contributed by atoms with E-state index in [1.54, 1.807) is 0 Å². The summed E-state index contributed by atoms with van der Waals surface area (Å²) in [4.78, 5) is 3.92. The highest BCUT2D eigenvalue weighted by Gasteiger charge is 1.91. The summed E-state index contributed by atoms with van der Waals surface area (Å²) in [6.45, 7) is 0.844. The Bertz CT molecular complexity index is 341. The highest BCUT2D eigenvalue weighted by atomic mass is 32.2. The lowest BCUT2D eigenvalue weighted by Gasteiger charge is -1.99. The molecule has 0 saturated carbocycles. The second-order valence-corrected chi connectivity index (χ2v) is 6.56. The minimum atomic E-state index is 0.844. The summed E-state index contributed by atoms with van der Waals surface area (Å²) in [6.07, 6.45) is 19.9. The van der Waals surface area contributed by atoms with E-state index in [1.807, 2.05) is 0 Å². The molecule has 0 bridgehead atoms. The van der Waals surface area contributed by atoms with Gasteiger partial charge in [-0.15, -0.1) is 0 Å². The predicted molar refractivity (Wildman–Crippen MR) is 103 cm³/mol. The van der Waals surface area contributed by atoms with Gasteiger partial charge in [0, 0.05) is 12.3 Å². The third-order valence-electron chi connectivity index (χ3n) is 3.55. The first-order valence-corrected chi connectivity index (χ1v) is 10.0. The second kappa shape index (κ2) is 20.4. The largest absolute Gasteiger partial charge is 0.233 e. The van der Waals surface area contributed by atoms with Crippen molar-refractivity contribution in [2.24, 2.45) is 4.99 Å². The van der Waals surface area contributed by atoms with Crippen molar-refractivity contribution in [3.63, 3.8) is 0 Å². The molecule has 0 aromatic carbocycles. The molecule has 0 aromatic rings. The summed E-state index contributed by atoms with van der Waals surface area (Å²) in [7, 11) is 0. The van der Waals surface area contributed by atoms with Crippen LogP contribution in [0, 0.1) is 10.7 Å². The summed E-state index contributed by atoms with van der Waals surface area (Å²) in [5, 5.41) is 12.9. The molecule has 0 fully saturated rings. The van der Waals surface area contributed by atoms with E-state index in [9.17, 15) is 0 Å². The highest BCUT2D eigenvalue weighted by Crippen LogP contribution is 2.10. The van der Waals surface area contributed by atoms with Crippen molar-refractivity contribution in [3.8, 4) is 5.40 Å². The van der Waals surface area contributed by atoms with Gasteiger partial charge in [0.1, 0.15) is 5.40 Å². The summed E-state index contributed by atoms with van der Waals surface area (Å²) in [6, 6.07) is 0. The molecule has 0 rings (SSSR count). The van der Waals surface area contributed by atoms with Gasteiger partial charge < -0.3 is 0 Å². The van der Waals surface area contributed by atoms with E-state index < -0.39 is 0 Å². The van der Waals surface area contributed by atoms with E-state index in [0.29, 0.717) is 0 Å². The van der Waals surface area contributed by atoms with Crippen molar-refractivity contribution in [1.82, 2.24) is 0 Å². The van der Waals surface area contributed by atoms with Crippen molar-refractivity contribution >= 4 is 29.1 Å². The molecule has 2 nitrogen and oxygen atoms in total. The van der Waals surface area contributed by atoms with Gasteiger partial charge >= 0.3 is 0 Å². The van der Waals surface area contributed by atoms with Gasteiger partial charge in [0.05, 0.1) is 5.16 Å². The van der Waals surface area contributed by atoms with Gasteiger partial charge in [0.15, 0.2) is 0 Å². The van der Waals surface area contributed by atoms with Gasteiger partial charge in [0.2, 0.25) is 0 Å². The summed E-state index contributed by atoms with van der Waals surface area (Å²) in [5.74, 6) is 0.999. The van der Waals surface area contributed by atoms with Crippen molar-refractivity contribution in [2.45, 2.75) is 77.0 Å². The van der Waals surface area contributed by atoms with E-state index in [1.165, 1.54) is 82.4 Å². The third kappa shape index (κ3) is 19.4. The number of aliphatic imine (C=N–C) groups is 1. The van der Waals surface area contributed by atoms with Crippen LogP contribution in [0.5, 0.6) is 0 Å². The van der Waals surface area contributed by atoms with Crippen molar-refractivity contribution < 1.29 is 0 Å². The molecule has 22 heavy (non-hydrogen) atoms. The Morgan fingerprint density at radius 3 is 1.95 bits per heavy atom. The van der Waals surface area contributed by atoms with Gasteiger partial charge in [-0.1, -0.05) is 50.7 Å². The van der Waals surface area contributed by atoms with Gasteiger partial charge in [-0.25, -0.2) is 4.99 Å². The van der Waals surface area contributed by atoms with Crippen LogP contribution < -0.4 is 0 Å². The molecule has 124 valence electrons. The summed E-state index contributed by atoms with van der Waals surface area (Å²) < 4.78 is 0. The standard InChI is InChI=1S/C18H30N2S2/c19-17-22-16-14-12-10-8-6-4-2-1-3-5-7-9-11-13-15-20-18-21/h1,3H,2,4-16H2/b3-1+. The maximum absolute atomic E-state index is 8.40. The molecule has 0 aliphatic heterocycles. The van der Waals surface area contributed by atoms with Crippen molar-refractivity contribution in [1.29, 1.82) is 5.26 Å². The molecule has 0 aliphatic rings. The number of thiocarbonyl (C=S) groups is 1. The van der Waals surface area contributed by atoms with E-state index in [-0.39, 0.29) is 0 Å². The van der Waals surface area contributed by atoms with Gasteiger partial charge in [-0.2, -0.15) is 5.26 Å².